The largest absolute Gasteiger partial charge is 0.313 e. The molecule has 0 radical (unpaired) electrons. The average Bonchev–Trinajstić information content (AvgIpc) is 2.87. The van der Waals surface area contributed by atoms with Crippen LogP contribution in [0, 0.1) is 6.92 Å². The summed E-state index contributed by atoms with van der Waals surface area (Å²) in [5, 5.41) is 4.54. The van der Waals surface area contributed by atoms with E-state index in [1.54, 1.807) is 11.3 Å². The molecule has 2 aromatic heterocycles. The standard InChI is InChI=1S/C16H17N3S/c1-11-9-12(7-8-18-11)14(17-2)10-16-19-13-5-3-4-6-15(13)20-16/h3-9,14,17H,10H2,1-2H3. The van der Waals surface area contributed by atoms with Crippen LogP contribution in [0.3, 0.4) is 0 Å². The number of rotatable bonds is 4. The Labute approximate surface area is 122 Å². The molecule has 0 aliphatic heterocycles. The first-order valence-electron chi connectivity index (χ1n) is 6.70. The topological polar surface area (TPSA) is 37.8 Å². The molecule has 1 N–H and O–H groups in total. The van der Waals surface area contributed by atoms with Gasteiger partial charge in [0.15, 0.2) is 0 Å². The molecule has 1 aromatic carbocycles. The van der Waals surface area contributed by atoms with Crippen LogP contribution >= 0.6 is 11.3 Å². The molecule has 3 aromatic rings. The van der Waals surface area contributed by atoms with Gasteiger partial charge in [-0.25, -0.2) is 4.98 Å². The van der Waals surface area contributed by atoms with Crippen molar-refractivity contribution in [3.05, 3.63) is 58.9 Å². The van der Waals surface area contributed by atoms with E-state index in [-0.39, 0.29) is 6.04 Å². The van der Waals surface area contributed by atoms with Gasteiger partial charge in [0.1, 0.15) is 0 Å². The van der Waals surface area contributed by atoms with E-state index in [2.05, 4.69) is 40.6 Å². The van der Waals surface area contributed by atoms with E-state index in [9.17, 15) is 0 Å². The second-order valence-corrected chi connectivity index (χ2v) is 5.97. The quantitative estimate of drug-likeness (QED) is 0.796. The zero-order valence-electron chi connectivity index (χ0n) is 11.6. The summed E-state index contributed by atoms with van der Waals surface area (Å²) >= 11 is 1.77. The minimum atomic E-state index is 0.275. The lowest BCUT2D eigenvalue weighted by Gasteiger charge is -2.15. The van der Waals surface area contributed by atoms with E-state index in [0.29, 0.717) is 0 Å². The smallest absolute Gasteiger partial charge is 0.0957 e. The highest BCUT2D eigenvalue weighted by atomic mass is 32.1. The zero-order valence-corrected chi connectivity index (χ0v) is 12.4. The highest BCUT2D eigenvalue weighted by Crippen LogP contribution is 2.26. The predicted octanol–water partition coefficient (Wildman–Crippen LogP) is 3.50. The number of benzene rings is 1. The lowest BCUT2D eigenvalue weighted by Crippen LogP contribution is -2.19. The molecule has 0 amide bonds. The first kappa shape index (κ1) is 13.2. The maximum Gasteiger partial charge on any atom is 0.0957 e. The van der Waals surface area contributed by atoms with Crippen LogP contribution in [0.5, 0.6) is 0 Å². The number of hydrogen-bond donors (Lipinski definition) is 1. The van der Waals surface area contributed by atoms with Gasteiger partial charge in [0.25, 0.3) is 0 Å². The molecule has 2 heterocycles. The monoisotopic (exact) mass is 283 g/mol. The molecule has 1 atom stereocenters. The minimum absolute atomic E-state index is 0.275. The summed E-state index contributed by atoms with van der Waals surface area (Å²) in [4.78, 5) is 8.97. The van der Waals surface area contributed by atoms with Crippen LogP contribution in [0.15, 0.2) is 42.6 Å². The Hall–Kier alpha value is -1.78. The van der Waals surface area contributed by atoms with Gasteiger partial charge in [-0.1, -0.05) is 12.1 Å². The van der Waals surface area contributed by atoms with E-state index < -0.39 is 0 Å². The predicted molar refractivity (Wildman–Crippen MR) is 84.1 cm³/mol. The van der Waals surface area contributed by atoms with Crippen molar-refractivity contribution in [3.8, 4) is 0 Å². The van der Waals surface area contributed by atoms with Crippen molar-refractivity contribution in [2.45, 2.75) is 19.4 Å². The van der Waals surface area contributed by atoms with Crippen molar-refractivity contribution in [2.75, 3.05) is 7.05 Å². The van der Waals surface area contributed by atoms with Crippen molar-refractivity contribution < 1.29 is 0 Å². The molecular weight excluding hydrogens is 266 g/mol. The van der Waals surface area contributed by atoms with Gasteiger partial charge >= 0.3 is 0 Å². The summed E-state index contributed by atoms with van der Waals surface area (Å²) in [6.07, 6.45) is 2.77. The first-order valence-corrected chi connectivity index (χ1v) is 7.52. The maximum atomic E-state index is 4.71. The van der Waals surface area contributed by atoms with Gasteiger partial charge in [0.2, 0.25) is 0 Å². The molecular formula is C16H17N3S. The Morgan fingerprint density at radius 2 is 2.10 bits per heavy atom. The van der Waals surface area contributed by atoms with Crippen LogP contribution in [-0.4, -0.2) is 17.0 Å². The van der Waals surface area contributed by atoms with Crippen molar-refractivity contribution >= 4 is 21.6 Å². The number of fused-ring (bicyclic) bond motifs is 1. The van der Waals surface area contributed by atoms with Crippen LogP contribution in [0.2, 0.25) is 0 Å². The molecule has 0 bridgehead atoms. The Balaban J connectivity index is 1.87. The van der Waals surface area contributed by atoms with E-state index in [1.807, 2.05) is 26.2 Å². The van der Waals surface area contributed by atoms with Crippen molar-refractivity contribution in [2.24, 2.45) is 0 Å². The number of aromatic nitrogens is 2. The maximum absolute atomic E-state index is 4.71. The van der Waals surface area contributed by atoms with Crippen LogP contribution < -0.4 is 5.32 Å². The van der Waals surface area contributed by atoms with E-state index >= 15 is 0 Å². The Kier molecular flexibility index (Phi) is 3.76. The van der Waals surface area contributed by atoms with E-state index in [4.69, 9.17) is 4.98 Å². The fourth-order valence-corrected chi connectivity index (χ4v) is 3.37. The number of aryl methyl sites for hydroxylation is 1. The number of hydrogen-bond acceptors (Lipinski definition) is 4. The van der Waals surface area contributed by atoms with Gasteiger partial charge in [-0.3, -0.25) is 4.98 Å². The molecule has 102 valence electrons. The number of para-hydroxylation sites is 1. The number of nitrogens with zero attached hydrogens (tertiary/aromatic N) is 2. The van der Waals surface area contributed by atoms with Gasteiger partial charge in [-0.05, 0) is 43.8 Å². The lowest BCUT2D eigenvalue weighted by atomic mass is 10.0. The number of likely N-dealkylation sites (N-methyl/N-ethyl adjacent to an activating group) is 1. The molecule has 0 aliphatic carbocycles. The summed E-state index contributed by atoms with van der Waals surface area (Å²) in [5.74, 6) is 0. The summed E-state index contributed by atoms with van der Waals surface area (Å²) < 4.78 is 1.25. The van der Waals surface area contributed by atoms with Crippen molar-refractivity contribution in [1.29, 1.82) is 0 Å². The van der Waals surface area contributed by atoms with Gasteiger partial charge < -0.3 is 5.32 Å². The third kappa shape index (κ3) is 2.71. The molecule has 1 unspecified atom stereocenters. The summed E-state index contributed by atoms with van der Waals surface area (Å²) in [7, 11) is 1.99. The third-order valence-corrected chi connectivity index (χ3v) is 4.45. The second kappa shape index (κ2) is 5.69. The van der Waals surface area contributed by atoms with Crippen LogP contribution in [0.25, 0.3) is 10.2 Å². The highest BCUT2D eigenvalue weighted by molar-refractivity contribution is 7.18. The normalized spacial score (nSPS) is 12.7. The zero-order chi connectivity index (χ0) is 13.9. The molecule has 20 heavy (non-hydrogen) atoms. The second-order valence-electron chi connectivity index (χ2n) is 4.85. The SMILES string of the molecule is CNC(Cc1nc2ccccc2s1)c1ccnc(C)c1. The van der Waals surface area contributed by atoms with Gasteiger partial charge in [-0.2, -0.15) is 0 Å². The highest BCUT2D eigenvalue weighted by Gasteiger charge is 2.13. The molecule has 0 fully saturated rings. The molecule has 0 saturated heterocycles. The van der Waals surface area contributed by atoms with Gasteiger partial charge in [0, 0.05) is 24.4 Å². The van der Waals surface area contributed by atoms with Gasteiger partial charge in [0.05, 0.1) is 15.2 Å². The van der Waals surface area contributed by atoms with Crippen LogP contribution in [0.1, 0.15) is 22.3 Å². The Morgan fingerprint density at radius 3 is 2.85 bits per heavy atom. The molecule has 3 nitrogen and oxygen atoms in total. The van der Waals surface area contributed by atoms with Gasteiger partial charge in [-0.15, -0.1) is 11.3 Å². The van der Waals surface area contributed by atoms with E-state index in [1.165, 1.54) is 15.3 Å². The number of pyridine rings is 1. The Bertz CT molecular complexity index is 687. The average molecular weight is 283 g/mol. The van der Waals surface area contributed by atoms with Crippen molar-refractivity contribution in [1.82, 2.24) is 15.3 Å². The molecule has 0 spiro atoms. The molecule has 4 heteroatoms. The van der Waals surface area contributed by atoms with E-state index in [0.717, 1.165) is 17.6 Å². The molecule has 3 rings (SSSR count). The Morgan fingerprint density at radius 1 is 1.25 bits per heavy atom. The first-order chi connectivity index (χ1) is 9.76. The summed E-state index contributed by atoms with van der Waals surface area (Å²) in [6.45, 7) is 2.02. The lowest BCUT2D eigenvalue weighted by molar-refractivity contribution is 0.589. The van der Waals surface area contributed by atoms with Crippen LogP contribution in [0.4, 0.5) is 0 Å². The fraction of sp³-hybridized carbons (Fsp3) is 0.250. The molecule has 0 saturated carbocycles. The fourth-order valence-electron chi connectivity index (χ4n) is 2.35. The third-order valence-electron chi connectivity index (χ3n) is 3.39. The van der Waals surface area contributed by atoms with Crippen LogP contribution in [-0.2, 0) is 6.42 Å². The summed E-state index contributed by atoms with van der Waals surface area (Å²) in [5.41, 5.74) is 3.40. The van der Waals surface area contributed by atoms with Crippen molar-refractivity contribution in [3.63, 3.8) is 0 Å². The number of thiazole rings is 1. The molecule has 0 aliphatic rings. The number of nitrogens with one attached hydrogen (secondary N) is 1. The summed E-state index contributed by atoms with van der Waals surface area (Å²) in [6, 6.07) is 12.8. The minimum Gasteiger partial charge on any atom is -0.313 e.